The maximum absolute atomic E-state index is 6.34. The Bertz CT molecular complexity index is 566. The van der Waals surface area contributed by atoms with E-state index in [-0.39, 0.29) is 6.04 Å². The summed E-state index contributed by atoms with van der Waals surface area (Å²) in [7, 11) is 0. The number of rotatable bonds is 2. The molecule has 2 N–H and O–H groups in total. The first-order chi connectivity index (χ1) is 8.98. The molecule has 2 atom stereocenters. The summed E-state index contributed by atoms with van der Waals surface area (Å²) in [5.74, 6) is 0. The van der Waals surface area contributed by atoms with E-state index in [4.69, 9.17) is 5.73 Å². The molecule has 3 heteroatoms. The fourth-order valence-corrected chi connectivity index (χ4v) is 4.07. The number of thiophene rings is 1. The Balaban J connectivity index is 2.01. The Hall–Kier alpha value is -1.06. The second kappa shape index (κ2) is 4.50. The zero-order valence-corrected chi connectivity index (χ0v) is 12.7. The molecule has 0 saturated carbocycles. The first-order valence-corrected chi connectivity index (χ1v) is 7.84. The lowest BCUT2D eigenvalue weighted by atomic mass is 9.74. The van der Waals surface area contributed by atoms with Crippen molar-refractivity contribution in [1.82, 2.24) is 4.57 Å². The molecule has 1 aliphatic rings. The molecule has 19 heavy (non-hydrogen) atoms. The SMILES string of the molecule is CC(c1cccs1)n1ccc2c1CC(C)(C)CC2N. The normalized spacial score (nSPS) is 23.1. The van der Waals surface area contributed by atoms with Crippen LogP contribution in [0, 0.1) is 5.41 Å². The van der Waals surface area contributed by atoms with Crippen LogP contribution in [0.25, 0.3) is 0 Å². The van der Waals surface area contributed by atoms with Gasteiger partial charge in [0.05, 0.1) is 6.04 Å². The van der Waals surface area contributed by atoms with Crippen LogP contribution in [-0.2, 0) is 6.42 Å². The summed E-state index contributed by atoms with van der Waals surface area (Å²) < 4.78 is 2.42. The van der Waals surface area contributed by atoms with Crippen molar-refractivity contribution in [2.75, 3.05) is 0 Å². The lowest BCUT2D eigenvalue weighted by Crippen LogP contribution is -2.30. The molecule has 2 nitrogen and oxygen atoms in total. The lowest BCUT2D eigenvalue weighted by molar-refractivity contribution is 0.274. The van der Waals surface area contributed by atoms with Crippen molar-refractivity contribution in [3.05, 3.63) is 45.9 Å². The first-order valence-electron chi connectivity index (χ1n) is 6.96. The van der Waals surface area contributed by atoms with Crippen molar-refractivity contribution >= 4 is 11.3 Å². The summed E-state index contributed by atoms with van der Waals surface area (Å²) in [5.41, 5.74) is 9.43. The number of hydrogen-bond donors (Lipinski definition) is 1. The third kappa shape index (κ3) is 2.26. The highest BCUT2D eigenvalue weighted by Crippen LogP contribution is 2.41. The van der Waals surface area contributed by atoms with Crippen molar-refractivity contribution in [3.63, 3.8) is 0 Å². The molecule has 2 heterocycles. The standard InChI is InChI=1S/C16H22N2S/c1-11(15-5-4-8-19-15)18-7-6-12-13(17)9-16(2,3)10-14(12)18/h4-8,11,13H,9-10,17H2,1-3H3. The molecule has 0 amide bonds. The van der Waals surface area contributed by atoms with Crippen LogP contribution in [-0.4, -0.2) is 4.57 Å². The number of hydrogen-bond acceptors (Lipinski definition) is 2. The average molecular weight is 274 g/mol. The number of aromatic nitrogens is 1. The van der Waals surface area contributed by atoms with E-state index in [2.05, 4.69) is 55.1 Å². The van der Waals surface area contributed by atoms with Gasteiger partial charge in [0.25, 0.3) is 0 Å². The molecule has 0 fully saturated rings. The van der Waals surface area contributed by atoms with Gasteiger partial charge in [-0.15, -0.1) is 11.3 Å². The zero-order valence-electron chi connectivity index (χ0n) is 11.9. The van der Waals surface area contributed by atoms with E-state index in [0.717, 1.165) is 12.8 Å². The molecule has 1 aliphatic carbocycles. The molecule has 0 radical (unpaired) electrons. The fraction of sp³-hybridized carbons (Fsp3) is 0.500. The Morgan fingerprint density at radius 2 is 2.21 bits per heavy atom. The summed E-state index contributed by atoms with van der Waals surface area (Å²) in [6.45, 7) is 6.92. The molecular weight excluding hydrogens is 252 g/mol. The van der Waals surface area contributed by atoms with Crippen molar-refractivity contribution in [3.8, 4) is 0 Å². The highest BCUT2D eigenvalue weighted by Gasteiger charge is 2.33. The molecule has 0 saturated heterocycles. The van der Waals surface area contributed by atoms with E-state index in [1.54, 1.807) is 0 Å². The van der Waals surface area contributed by atoms with Gasteiger partial charge >= 0.3 is 0 Å². The molecule has 0 spiro atoms. The van der Waals surface area contributed by atoms with Crippen LogP contribution in [0.5, 0.6) is 0 Å². The number of nitrogens with zero attached hydrogens (tertiary/aromatic N) is 1. The van der Waals surface area contributed by atoms with Gasteiger partial charge in [-0.3, -0.25) is 0 Å². The molecule has 2 unspecified atom stereocenters. The van der Waals surface area contributed by atoms with Crippen LogP contribution in [0.1, 0.15) is 55.4 Å². The monoisotopic (exact) mass is 274 g/mol. The van der Waals surface area contributed by atoms with Gasteiger partial charge in [0.1, 0.15) is 0 Å². The van der Waals surface area contributed by atoms with Gasteiger partial charge in [0, 0.05) is 22.8 Å². The summed E-state index contributed by atoms with van der Waals surface area (Å²) in [6.07, 6.45) is 4.42. The van der Waals surface area contributed by atoms with Gasteiger partial charge in [-0.1, -0.05) is 19.9 Å². The van der Waals surface area contributed by atoms with Crippen LogP contribution in [0.2, 0.25) is 0 Å². The highest BCUT2D eigenvalue weighted by molar-refractivity contribution is 7.10. The molecule has 0 aromatic carbocycles. The largest absolute Gasteiger partial charge is 0.343 e. The van der Waals surface area contributed by atoms with E-state index in [1.165, 1.54) is 16.1 Å². The smallest absolute Gasteiger partial charge is 0.0647 e. The maximum Gasteiger partial charge on any atom is 0.0647 e. The average Bonchev–Trinajstić information content (AvgIpc) is 2.94. The summed E-state index contributed by atoms with van der Waals surface area (Å²) >= 11 is 1.83. The number of nitrogens with two attached hydrogens (primary N) is 1. The van der Waals surface area contributed by atoms with E-state index in [1.807, 2.05) is 11.3 Å². The minimum Gasteiger partial charge on any atom is -0.343 e. The minimum absolute atomic E-state index is 0.190. The Kier molecular flexibility index (Phi) is 3.06. The summed E-state index contributed by atoms with van der Waals surface area (Å²) in [5, 5.41) is 2.15. The van der Waals surface area contributed by atoms with E-state index >= 15 is 0 Å². The van der Waals surface area contributed by atoms with Gasteiger partial charge in [-0.2, -0.15) is 0 Å². The second-order valence-corrected chi connectivity index (χ2v) is 7.45. The topological polar surface area (TPSA) is 30.9 Å². The quantitative estimate of drug-likeness (QED) is 0.877. The van der Waals surface area contributed by atoms with E-state index in [9.17, 15) is 0 Å². The molecule has 3 rings (SSSR count). The molecule has 0 bridgehead atoms. The van der Waals surface area contributed by atoms with Crippen molar-refractivity contribution in [2.45, 2.75) is 45.7 Å². The van der Waals surface area contributed by atoms with Gasteiger partial charge < -0.3 is 10.3 Å². The number of fused-ring (bicyclic) bond motifs is 1. The van der Waals surface area contributed by atoms with Crippen molar-refractivity contribution in [2.24, 2.45) is 11.1 Å². The molecule has 102 valence electrons. The minimum atomic E-state index is 0.190. The van der Waals surface area contributed by atoms with Crippen LogP contribution in [0.4, 0.5) is 0 Å². The van der Waals surface area contributed by atoms with Crippen LogP contribution in [0.3, 0.4) is 0 Å². The summed E-state index contributed by atoms with van der Waals surface area (Å²) in [4.78, 5) is 1.41. The Labute approximate surface area is 119 Å². The predicted molar refractivity (Wildman–Crippen MR) is 81.6 cm³/mol. The second-order valence-electron chi connectivity index (χ2n) is 6.47. The third-order valence-corrected chi connectivity index (χ3v) is 5.29. The molecular formula is C16H22N2S. The van der Waals surface area contributed by atoms with Crippen molar-refractivity contribution in [1.29, 1.82) is 0 Å². The Morgan fingerprint density at radius 3 is 2.89 bits per heavy atom. The van der Waals surface area contributed by atoms with E-state index in [0.29, 0.717) is 11.5 Å². The Morgan fingerprint density at radius 1 is 1.42 bits per heavy atom. The van der Waals surface area contributed by atoms with Gasteiger partial charge in [0.2, 0.25) is 0 Å². The van der Waals surface area contributed by atoms with Gasteiger partial charge in [0.15, 0.2) is 0 Å². The van der Waals surface area contributed by atoms with Crippen LogP contribution < -0.4 is 5.73 Å². The zero-order chi connectivity index (χ0) is 13.6. The van der Waals surface area contributed by atoms with Gasteiger partial charge in [-0.05, 0) is 48.3 Å². The van der Waals surface area contributed by atoms with Crippen LogP contribution in [0.15, 0.2) is 29.8 Å². The third-order valence-electron chi connectivity index (χ3n) is 4.25. The van der Waals surface area contributed by atoms with Crippen LogP contribution >= 0.6 is 11.3 Å². The van der Waals surface area contributed by atoms with E-state index < -0.39 is 0 Å². The lowest BCUT2D eigenvalue weighted by Gasteiger charge is -2.35. The van der Waals surface area contributed by atoms with Crippen molar-refractivity contribution < 1.29 is 0 Å². The molecule has 2 aromatic heterocycles. The molecule has 2 aromatic rings. The predicted octanol–water partition coefficient (Wildman–Crippen LogP) is 4.13. The van der Waals surface area contributed by atoms with Gasteiger partial charge in [-0.25, -0.2) is 0 Å². The maximum atomic E-state index is 6.34. The highest BCUT2D eigenvalue weighted by atomic mass is 32.1. The summed E-state index contributed by atoms with van der Waals surface area (Å²) in [6, 6.07) is 7.16. The first kappa shape index (κ1) is 12.9. The fourth-order valence-electron chi connectivity index (χ4n) is 3.29. The molecule has 0 aliphatic heterocycles.